The van der Waals surface area contributed by atoms with Gasteiger partial charge in [-0.3, -0.25) is 18.8 Å². The summed E-state index contributed by atoms with van der Waals surface area (Å²) in [6.07, 6.45) is 0.708. The number of ketones is 1. The third kappa shape index (κ3) is 5.61. The zero-order valence-corrected chi connectivity index (χ0v) is 20.1. The molecule has 1 amide bonds. The number of nitrogen functional groups attached to an aromatic ring is 1. The van der Waals surface area contributed by atoms with Crippen molar-refractivity contribution in [2.24, 2.45) is 16.8 Å². The standard InChI is InChI=1S/C17H22N8O8S2/c1-17(2,15(28)29)33-23-13(9-6-34-16(19)21-9)11(26)3-8-10(25(14(8)27)35(30,31)32)5-24-7-20-12(4-18)22-24/h6-8,10H,3-5,18H2,1-2H3,(H2,19,21)(H,28,29)(H,30,31,32)/b23-13-/t8-,10+/m0/s1. The molecule has 0 aliphatic carbocycles. The smallest absolute Gasteiger partial charge is 0.362 e. The molecular formula is C17H22N8O8S2. The molecule has 18 heteroatoms. The van der Waals surface area contributed by atoms with Crippen molar-refractivity contribution in [1.29, 1.82) is 0 Å². The van der Waals surface area contributed by atoms with E-state index in [2.05, 4.69) is 20.2 Å². The molecule has 1 aliphatic heterocycles. The molecule has 1 fully saturated rings. The molecule has 0 aromatic carbocycles. The van der Waals surface area contributed by atoms with Gasteiger partial charge in [0.25, 0.3) is 0 Å². The Hall–Kier alpha value is -3.48. The number of anilines is 1. The highest BCUT2D eigenvalue weighted by Gasteiger charge is 2.54. The Morgan fingerprint density at radius 3 is 2.57 bits per heavy atom. The number of carbonyl (C=O) groups is 3. The molecule has 190 valence electrons. The summed E-state index contributed by atoms with van der Waals surface area (Å²) in [6.45, 7) is 2.22. The molecule has 1 aliphatic rings. The van der Waals surface area contributed by atoms with Gasteiger partial charge in [-0.2, -0.15) is 13.5 Å². The van der Waals surface area contributed by atoms with E-state index in [1.807, 2.05) is 0 Å². The van der Waals surface area contributed by atoms with Crippen LogP contribution in [0.5, 0.6) is 0 Å². The van der Waals surface area contributed by atoms with Crippen LogP contribution in [-0.4, -0.2) is 77.1 Å². The number of hydrogen-bond acceptors (Lipinski definition) is 13. The number of β-lactam (4-membered cyclic amide) rings is 1. The van der Waals surface area contributed by atoms with Gasteiger partial charge in [-0.05, 0) is 13.8 Å². The Morgan fingerprint density at radius 2 is 2.06 bits per heavy atom. The first-order valence-electron chi connectivity index (χ1n) is 9.87. The highest BCUT2D eigenvalue weighted by Crippen LogP contribution is 2.34. The summed E-state index contributed by atoms with van der Waals surface area (Å²) in [5.41, 5.74) is 8.86. The van der Waals surface area contributed by atoms with E-state index in [4.69, 9.17) is 16.3 Å². The molecule has 0 bridgehead atoms. The second kappa shape index (κ2) is 9.64. The molecular weight excluding hydrogens is 508 g/mol. The Morgan fingerprint density at radius 1 is 1.37 bits per heavy atom. The highest BCUT2D eigenvalue weighted by atomic mass is 32.2. The average Bonchev–Trinajstić information content (AvgIpc) is 3.39. The largest absolute Gasteiger partial charge is 0.478 e. The lowest BCUT2D eigenvalue weighted by molar-refractivity contribution is -0.161. The van der Waals surface area contributed by atoms with Gasteiger partial charge in [0.2, 0.25) is 11.5 Å². The van der Waals surface area contributed by atoms with Crippen molar-refractivity contribution in [3.63, 3.8) is 0 Å². The van der Waals surface area contributed by atoms with Gasteiger partial charge in [0.1, 0.15) is 12.0 Å². The van der Waals surface area contributed by atoms with Crippen LogP contribution < -0.4 is 11.5 Å². The molecule has 1 saturated heterocycles. The monoisotopic (exact) mass is 530 g/mol. The number of aromatic nitrogens is 4. The molecule has 35 heavy (non-hydrogen) atoms. The Labute approximate surface area is 202 Å². The van der Waals surface area contributed by atoms with Crippen molar-refractivity contribution in [1.82, 2.24) is 24.1 Å². The zero-order valence-electron chi connectivity index (χ0n) is 18.4. The number of amides is 1. The van der Waals surface area contributed by atoms with Crippen molar-refractivity contribution < 1.29 is 37.3 Å². The molecule has 0 radical (unpaired) electrons. The second-order valence-electron chi connectivity index (χ2n) is 7.92. The van der Waals surface area contributed by atoms with E-state index in [0.717, 1.165) is 11.3 Å². The van der Waals surface area contributed by atoms with E-state index in [1.54, 1.807) is 0 Å². The van der Waals surface area contributed by atoms with Gasteiger partial charge in [-0.25, -0.2) is 19.1 Å². The number of thiazole rings is 1. The predicted molar refractivity (Wildman–Crippen MR) is 119 cm³/mol. The maximum absolute atomic E-state index is 13.1. The van der Waals surface area contributed by atoms with E-state index in [0.29, 0.717) is 0 Å². The molecule has 0 unspecified atom stereocenters. The first kappa shape index (κ1) is 26.1. The van der Waals surface area contributed by atoms with Gasteiger partial charge < -0.3 is 21.4 Å². The maximum atomic E-state index is 13.1. The zero-order chi connectivity index (χ0) is 26.1. The lowest BCUT2D eigenvalue weighted by Crippen LogP contribution is -2.64. The molecule has 6 N–H and O–H groups in total. The quantitative estimate of drug-likeness (QED) is 0.114. The predicted octanol–water partition coefficient (Wildman–Crippen LogP) is -1.35. The fourth-order valence-corrected chi connectivity index (χ4v) is 4.59. The van der Waals surface area contributed by atoms with Crippen LogP contribution in [0.1, 0.15) is 31.8 Å². The summed E-state index contributed by atoms with van der Waals surface area (Å²) in [7, 11) is -4.92. The molecule has 2 aromatic rings. The van der Waals surface area contributed by atoms with Crippen LogP contribution in [0.4, 0.5) is 5.13 Å². The van der Waals surface area contributed by atoms with Crippen molar-refractivity contribution in [2.75, 3.05) is 5.73 Å². The van der Waals surface area contributed by atoms with E-state index < -0.39 is 57.7 Å². The van der Waals surface area contributed by atoms with E-state index >= 15 is 0 Å². The number of rotatable bonds is 11. The van der Waals surface area contributed by atoms with Crippen molar-refractivity contribution in [3.05, 3.63) is 23.2 Å². The number of carbonyl (C=O) groups excluding carboxylic acids is 2. The summed E-state index contributed by atoms with van der Waals surface area (Å²) in [4.78, 5) is 49.9. The molecule has 0 saturated carbocycles. The Balaban J connectivity index is 1.89. The molecule has 3 rings (SSSR count). The van der Waals surface area contributed by atoms with E-state index in [1.165, 1.54) is 30.2 Å². The molecule has 2 atom stereocenters. The number of oxime groups is 1. The van der Waals surface area contributed by atoms with Gasteiger partial charge in [-0.15, -0.1) is 11.3 Å². The molecule has 16 nitrogen and oxygen atoms in total. The SMILES string of the molecule is CC(C)(O/N=C(\C(=O)C[C@@H]1C(=O)N(S(=O)(=O)O)[C@@H]1Cn1cnc(CN)n1)c1csc(N)n1)C(=O)O. The van der Waals surface area contributed by atoms with Crippen LogP contribution in [0.25, 0.3) is 0 Å². The summed E-state index contributed by atoms with van der Waals surface area (Å²) in [5.74, 6) is -4.10. The third-order valence-electron chi connectivity index (χ3n) is 5.00. The Bertz CT molecular complexity index is 1280. The molecule has 3 heterocycles. The van der Waals surface area contributed by atoms with E-state index in [-0.39, 0.29) is 34.0 Å². The van der Waals surface area contributed by atoms with Crippen LogP contribution in [-0.2, 0) is 42.6 Å². The second-order valence-corrected chi connectivity index (χ2v) is 10.1. The van der Waals surface area contributed by atoms with Crippen molar-refractivity contribution in [3.8, 4) is 0 Å². The molecule has 2 aromatic heterocycles. The topological polar surface area (TPSA) is 246 Å². The van der Waals surface area contributed by atoms with Gasteiger partial charge in [-0.1, -0.05) is 5.16 Å². The number of Topliss-reactive ketones (excluding diaryl/α,β-unsaturated/α-hetero) is 1. The average molecular weight is 531 g/mol. The highest BCUT2D eigenvalue weighted by molar-refractivity contribution is 7.84. The minimum atomic E-state index is -4.92. The number of nitrogens with two attached hydrogens (primary N) is 2. The first-order chi connectivity index (χ1) is 16.2. The summed E-state index contributed by atoms with van der Waals surface area (Å²) < 4.78 is 34.4. The fraction of sp³-hybridized carbons (Fsp3) is 0.471. The van der Waals surface area contributed by atoms with Crippen LogP contribution >= 0.6 is 11.3 Å². The summed E-state index contributed by atoms with van der Waals surface area (Å²) in [6, 6.07) is -1.17. The van der Waals surface area contributed by atoms with Gasteiger partial charge in [0.15, 0.2) is 22.5 Å². The fourth-order valence-electron chi connectivity index (χ4n) is 3.12. The maximum Gasteiger partial charge on any atom is 0.362 e. The summed E-state index contributed by atoms with van der Waals surface area (Å²) >= 11 is 0.985. The number of nitrogens with zero attached hydrogens (tertiary/aromatic N) is 6. The lowest BCUT2D eigenvalue weighted by atomic mass is 9.84. The number of aliphatic carboxylic acids is 1. The van der Waals surface area contributed by atoms with E-state index in [9.17, 15) is 32.5 Å². The number of carboxylic acids is 1. The van der Waals surface area contributed by atoms with Crippen LogP contribution in [0, 0.1) is 5.92 Å². The third-order valence-corrected chi connectivity index (χ3v) is 6.63. The minimum absolute atomic E-state index is 0.0162. The van der Waals surface area contributed by atoms with Crippen molar-refractivity contribution >= 4 is 50.1 Å². The van der Waals surface area contributed by atoms with Gasteiger partial charge in [0, 0.05) is 11.8 Å². The lowest BCUT2D eigenvalue weighted by Gasteiger charge is -2.43. The van der Waals surface area contributed by atoms with Gasteiger partial charge in [0.05, 0.1) is 25.0 Å². The first-order valence-corrected chi connectivity index (χ1v) is 12.2. The van der Waals surface area contributed by atoms with Crippen molar-refractivity contribution in [2.45, 2.75) is 45.0 Å². The number of hydrogen-bond donors (Lipinski definition) is 4. The summed E-state index contributed by atoms with van der Waals surface area (Å²) in [5, 5.41) is 18.4. The van der Waals surface area contributed by atoms with Crippen LogP contribution in [0.2, 0.25) is 0 Å². The van der Waals surface area contributed by atoms with Gasteiger partial charge >= 0.3 is 16.3 Å². The van der Waals surface area contributed by atoms with Crippen LogP contribution in [0.3, 0.4) is 0 Å². The molecule has 0 spiro atoms. The number of carboxylic acid groups (broad SMARTS) is 1. The Kier molecular flexibility index (Phi) is 7.20. The minimum Gasteiger partial charge on any atom is -0.478 e. The normalized spacial score (nSPS) is 18.9. The van der Waals surface area contributed by atoms with Crippen LogP contribution in [0.15, 0.2) is 16.9 Å².